The maximum Gasteiger partial charge on any atom is 0.264 e. The van der Waals surface area contributed by atoms with E-state index in [2.05, 4.69) is 19.8 Å². The molecule has 0 aliphatic heterocycles. The molecule has 1 aromatic carbocycles. The molecule has 24 heavy (non-hydrogen) atoms. The van der Waals surface area contributed by atoms with Gasteiger partial charge in [-0.1, -0.05) is 23.4 Å². The molecule has 0 radical (unpaired) electrons. The van der Waals surface area contributed by atoms with E-state index in [4.69, 9.17) is 4.52 Å². The molecule has 3 aromatic rings. The zero-order chi connectivity index (χ0) is 17.5. The summed E-state index contributed by atoms with van der Waals surface area (Å²) < 4.78 is 33.8. The molecule has 2 N–H and O–H groups in total. The number of benzene rings is 1. The van der Waals surface area contributed by atoms with Crippen molar-refractivity contribution < 1.29 is 12.9 Å². The summed E-state index contributed by atoms with van der Waals surface area (Å²) in [6.07, 6.45) is 0. The summed E-state index contributed by atoms with van der Waals surface area (Å²) >= 11 is 0. The van der Waals surface area contributed by atoms with Gasteiger partial charge in [-0.05, 0) is 39.3 Å². The molecule has 8 heteroatoms. The van der Waals surface area contributed by atoms with Crippen molar-refractivity contribution >= 4 is 15.7 Å². The normalized spacial score (nSPS) is 11.7. The van der Waals surface area contributed by atoms with Crippen molar-refractivity contribution in [2.45, 2.75) is 32.6 Å². The van der Waals surface area contributed by atoms with Crippen LogP contribution in [0.5, 0.6) is 0 Å². The number of nitrogens with zero attached hydrogens (tertiary/aromatic N) is 2. The third kappa shape index (κ3) is 2.80. The topological polar surface area (TPSA) is 101 Å². The number of anilines is 1. The van der Waals surface area contributed by atoms with E-state index in [0.29, 0.717) is 28.5 Å². The highest BCUT2D eigenvalue weighted by atomic mass is 32.2. The van der Waals surface area contributed by atoms with E-state index in [1.165, 1.54) is 0 Å². The molecule has 126 valence electrons. The second-order valence-electron chi connectivity index (χ2n) is 5.65. The van der Waals surface area contributed by atoms with Crippen molar-refractivity contribution in [3.05, 3.63) is 47.0 Å². The maximum absolute atomic E-state index is 13.0. The maximum atomic E-state index is 13.0. The third-order valence-electron chi connectivity index (χ3n) is 3.72. The minimum absolute atomic E-state index is 0.118. The monoisotopic (exact) mass is 346 g/mol. The summed E-state index contributed by atoms with van der Waals surface area (Å²) in [5, 5.41) is 3.75. The highest BCUT2D eigenvalue weighted by molar-refractivity contribution is 7.93. The minimum Gasteiger partial charge on any atom is -0.361 e. The lowest BCUT2D eigenvalue weighted by Crippen LogP contribution is -2.15. The van der Waals surface area contributed by atoms with Gasteiger partial charge in [-0.15, -0.1) is 0 Å². The first kappa shape index (κ1) is 16.3. The van der Waals surface area contributed by atoms with E-state index in [-0.39, 0.29) is 10.8 Å². The fourth-order valence-electron chi connectivity index (χ4n) is 2.63. The highest BCUT2D eigenvalue weighted by Gasteiger charge is 2.29. The summed E-state index contributed by atoms with van der Waals surface area (Å²) in [5.41, 5.74) is 2.93. The molecule has 0 fully saturated rings. The lowest BCUT2D eigenvalue weighted by Gasteiger charge is -2.11. The number of aromatic nitrogens is 3. The van der Waals surface area contributed by atoms with Crippen LogP contribution in [0.3, 0.4) is 0 Å². The van der Waals surface area contributed by atoms with E-state index in [9.17, 15) is 8.42 Å². The summed E-state index contributed by atoms with van der Waals surface area (Å²) in [6.45, 7) is 7.00. The summed E-state index contributed by atoms with van der Waals surface area (Å²) in [7, 11) is -3.82. The number of hydrogen-bond donors (Lipinski definition) is 2. The smallest absolute Gasteiger partial charge is 0.264 e. The Balaban J connectivity index is 2.13. The van der Waals surface area contributed by atoms with Gasteiger partial charge in [-0.3, -0.25) is 4.72 Å². The summed E-state index contributed by atoms with van der Waals surface area (Å²) in [5.74, 6) is 0.623. The number of nitrogens with one attached hydrogen (secondary N) is 2. The lowest BCUT2D eigenvalue weighted by atomic mass is 10.2. The number of aromatic amines is 1. The van der Waals surface area contributed by atoms with Gasteiger partial charge in [0.2, 0.25) is 0 Å². The van der Waals surface area contributed by atoms with Crippen LogP contribution in [-0.2, 0) is 10.0 Å². The predicted molar refractivity (Wildman–Crippen MR) is 90.3 cm³/mol. The molecule has 0 saturated heterocycles. The fourth-order valence-corrected chi connectivity index (χ4v) is 4.22. The Morgan fingerprint density at radius 2 is 1.79 bits per heavy atom. The number of H-pyrrole nitrogens is 1. The number of sulfonamides is 1. The van der Waals surface area contributed by atoms with Gasteiger partial charge < -0.3 is 9.51 Å². The van der Waals surface area contributed by atoms with Crippen molar-refractivity contribution in [3.8, 4) is 11.5 Å². The lowest BCUT2D eigenvalue weighted by molar-refractivity contribution is 0.424. The zero-order valence-electron chi connectivity index (χ0n) is 13.8. The number of aryl methyl sites for hydroxylation is 4. The highest BCUT2D eigenvalue weighted by Crippen LogP contribution is 2.33. The number of hydrogen-bond acceptors (Lipinski definition) is 5. The van der Waals surface area contributed by atoms with E-state index in [1.807, 2.05) is 19.1 Å². The van der Waals surface area contributed by atoms with Crippen LogP contribution in [0, 0.1) is 27.7 Å². The molecule has 7 nitrogen and oxygen atoms in total. The first-order chi connectivity index (χ1) is 11.3. The molecule has 3 rings (SSSR count). The Morgan fingerprint density at radius 1 is 1.08 bits per heavy atom. The van der Waals surface area contributed by atoms with E-state index >= 15 is 0 Å². The Labute approximate surface area is 140 Å². The molecule has 0 unspecified atom stereocenters. The molecule has 0 aliphatic carbocycles. The fraction of sp³-hybridized carbons (Fsp3) is 0.250. The van der Waals surface area contributed by atoms with Crippen LogP contribution in [0.4, 0.5) is 5.69 Å². The molecule has 2 heterocycles. The van der Waals surface area contributed by atoms with Crippen LogP contribution in [0.25, 0.3) is 11.5 Å². The molecular formula is C16H18N4O3S. The molecule has 0 atom stereocenters. The number of para-hydroxylation sites is 1. The molecule has 2 aromatic heterocycles. The van der Waals surface area contributed by atoms with Gasteiger partial charge in [-0.25, -0.2) is 8.42 Å². The second-order valence-corrected chi connectivity index (χ2v) is 7.27. The van der Waals surface area contributed by atoms with Gasteiger partial charge in [0.05, 0.1) is 11.3 Å². The van der Waals surface area contributed by atoms with Gasteiger partial charge in [0, 0.05) is 11.4 Å². The van der Waals surface area contributed by atoms with Crippen LogP contribution < -0.4 is 4.72 Å². The first-order valence-electron chi connectivity index (χ1n) is 7.38. The number of rotatable bonds is 4. The third-order valence-corrected chi connectivity index (χ3v) is 5.25. The largest absolute Gasteiger partial charge is 0.361 e. The van der Waals surface area contributed by atoms with Crippen molar-refractivity contribution in [2.75, 3.05) is 4.72 Å². The molecule has 0 saturated carbocycles. The average molecular weight is 346 g/mol. The van der Waals surface area contributed by atoms with Crippen molar-refractivity contribution in [1.82, 2.24) is 15.1 Å². The van der Waals surface area contributed by atoms with E-state index in [0.717, 1.165) is 5.56 Å². The van der Waals surface area contributed by atoms with E-state index in [1.54, 1.807) is 32.9 Å². The van der Waals surface area contributed by atoms with Gasteiger partial charge in [0.25, 0.3) is 15.9 Å². The van der Waals surface area contributed by atoms with Crippen LogP contribution >= 0.6 is 0 Å². The zero-order valence-corrected chi connectivity index (χ0v) is 14.7. The minimum atomic E-state index is -3.82. The molecule has 0 spiro atoms. The van der Waals surface area contributed by atoms with Crippen molar-refractivity contribution in [2.24, 2.45) is 0 Å². The van der Waals surface area contributed by atoms with Crippen LogP contribution in [0.1, 0.15) is 22.8 Å². The summed E-state index contributed by atoms with van der Waals surface area (Å²) in [4.78, 5) is 7.32. The van der Waals surface area contributed by atoms with Crippen LogP contribution in [0.15, 0.2) is 33.7 Å². The Hall–Kier alpha value is -2.61. The molecule has 0 bridgehead atoms. The Kier molecular flexibility index (Phi) is 3.92. The Bertz CT molecular complexity index is 1000. The quantitative estimate of drug-likeness (QED) is 0.756. The van der Waals surface area contributed by atoms with Crippen molar-refractivity contribution in [3.63, 3.8) is 0 Å². The molecule has 0 amide bonds. The van der Waals surface area contributed by atoms with Gasteiger partial charge >= 0.3 is 0 Å². The van der Waals surface area contributed by atoms with Crippen LogP contribution in [0.2, 0.25) is 0 Å². The second kappa shape index (κ2) is 5.79. The van der Waals surface area contributed by atoms with Crippen LogP contribution in [-0.4, -0.2) is 23.5 Å². The van der Waals surface area contributed by atoms with Gasteiger partial charge in [0.15, 0.2) is 5.82 Å². The van der Waals surface area contributed by atoms with Gasteiger partial charge in [-0.2, -0.15) is 4.98 Å². The first-order valence-corrected chi connectivity index (χ1v) is 8.86. The molecule has 0 aliphatic rings. The Morgan fingerprint density at radius 3 is 2.42 bits per heavy atom. The molecular weight excluding hydrogens is 328 g/mol. The SMILES string of the molecule is Cc1noc(-c2c(C)[nH]c(C)c2S(=O)(=O)Nc2ccccc2C)n1. The summed E-state index contributed by atoms with van der Waals surface area (Å²) in [6, 6.07) is 7.20. The van der Waals surface area contributed by atoms with Gasteiger partial charge in [0.1, 0.15) is 4.90 Å². The van der Waals surface area contributed by atoms with Crippen molar-refractivity contribution in [1.29, 1.82) is 0 Å². The van der Waals surface area contributed by atoms with E-state index < -0.39 is 10.0 Å². The predicted octanol–water partition coefficient (Wildman–Crippen LogP) is 3.10. The standard InChI is InChI=1S/C16H18N4O3S/c1-9-7-5-6-8-13(9)20-24(21,22)15-11(3)17-10(2)14(15)16-18-12(4)19-23-16/h5-8,17,20H,1-4H3. The average Bonchev–Trinajstić information content (AvgIpc) is 3.04.